The number of rotatable bonds is 2. The van der Waals surface area contributed by atoms with Gasteiger partial charge in [0.25, 0.3) is 0 Å². The second-order valence-electron chi connectivity index (χ2n) is 6.31. The van der Waals surface area contributed by atoms with Crippen LogP contribution in [0.3, 0.4) is 0 Å². The molecule has 1 saturated carbocycles. The summed E-state index contributed by atoms with van der Waals surface area (Å²) in [4.78, 5) is 0. The third-order valence-electron chi connectivity index (χ3n) is 4.21. The minimum Gasteiger partial charge on any atom is -0.490 e. The van der Waals surface area contributed by atoms with Crippen molar-refractivity contribution in [3.63, 3.8) is 0 Å². The summed E-state index contributed by atoms with van der Waals surface area (Å²) in [6, 6.07) is 12.8. The number of ether oxygens (including phenoxy) is 1. The number of hydrogen-bond donors (Lipinski definition) is 0. The Morgan fingerprint density at radius 1 is 0.900 bits per heavy atom. The minimum atomic E-state index is 0.377. The topological polar surface area (TPSA) is 9.23 Å². The first-order chi connectivity index (χ1) is 9.60. The first kappa shape index (κ1) is 13.9. The molecule has 20 heavy (non-hydrogen) atoms. The monoisotopic (exact) mass is 332 g/mol. The lowest BCUT2D eigenvalue weighted by Crippen LogP contribution is -2.28. The van der Waals surface area contributed by atoms with Crippen molar-refractivity contribution in [2.45, 2.75) is 39.2 Å². The molecule has 0 spiro atoms. The van der Waals surface area contributed by atoms with Gasteiger partial charge in [-0.05, 0) is 66.1 Å². The van der Waals surface area contributed by atoms with Gasteiger partial charge in [-0.25, -0.2) is 0 Å². The Hall–Kier alpha value is -1.02. The molecular formula is C18H21BrO. The molecule has 0 radical (unpaired) electrons. The SMILES string of the molecule is CC1CC(C)CC(Oc2ccc3cc(Br)ccc3c2)C1. The first-order valence-corrected chi connectivity index (χ1v) is 8.25. The van der Waals surface area contributed by atoms with Crippen LogP contribution in [0.2, 0.25) is 0 Å². The molecule has 2 heteroatoms. The molecule has 2 unspecified atom stereocenters. The minimum absolute atomic E-state index is 0.377. The molecule has 0 aliphatic heterocycles. The van der Waals surface area contributed by atoms with E-state index in [2.05, 4.69) is 66.2 Å². The maximum atomic E-state index is 6.22. The highest BCUT2D eigenvalue weighted by atomic mass is 79.9. The maximum absolute atomic E-state index is 6.22. The molecule has 0 bridgehead atoms. The first-order valence-electron chi connectivity index (χ1n) is 7.46. The van der Waals surface area contributed by atoms with E-state index in [1.165, 1.54) is 30.0 Å². The summed E-state index contributed by atoms with van der Waals surface area (Å²) < 4.78 is 7.34. The van der Waals surface area contributed by atoms with Crippen molar-refractivity contribution in [2.75, 3.05) is 0 Å². The summed E-state index contributed by atoms with van der Waals surface area (Å²) in [5.41, 5.74) is 0. The van der Waals surface area contributed by atoms with Gasteiger partial charge in [-0.1, -0.05) is 41.9 Å². The fraction of sp³-hybridized carbons (Fsp3) is 0.444. The molecule has 0 amide bonds. The number of hydrogen-bond acceptors (Lipinski definition) is 1. The van der Waals surface area contributed by atoms with Gasteiger partial charge in [-0.3, -0.25) is 0 Å². The fourth-order valence-electron chi connectivity index (χ4n) is 3.43. The van der Waals surface area contributed by atoms with Crippen LogP contribution in [0.5, 0.6) is 5.75 Å². The standard InChI is InChI=1S/C18H21BrO/c1-12-7-13(2)9-18(8-12)20-17-6-4-14-10-16(19)5-3-15(14)11-17/h3-6,10-13,18H,7-9H2,1-2H3. The van der Waals surface area contributed by atoms with Crippen LogP contribution in [-0.2, 0) is 0 Å². The summed E-state index contributed by atoms with van der Waals surface area (Å²) in [5.74, 6) is 2.56. The van der Waals surface area contributed by atoms with E-state index in [0.29, 0.717) is 6.10 Å². The Bertz CT molecular complexity index is 597. The lowest BCUT2D eigenvalue weighted by atomic mass is 9.82. The van der Waals surface area contributed by atoms with Crippen molar-refractivity contribution < 1.29 is 4.74 Å². The Morgan fingerprint density at radius 2 is 1.55 bits per heavy atom. The summed E-state index contributed by atoms with van der Waals surface area (Å²) in [7, 11) is 0. The second kappa shape index (κ2) is 5.77. The Kier molecular flexibility index (Phi) is 4.02. The summed E-state index contributed by atoms with van der Waals surface area (Å²) >= 11 is 3.51. The number of benzene rings is 2. The fourth-order valence-corrected chi connectivity index (χ4v) is 3.81. The van der Waals surface area contributed by atoms with Gasteiger partial charge < -0.3 is 4.74 Å². The van der Waals surface area contributed by atoms with Gasteiger partial charge in [-0.15, -0.1) is 0 Å². The molecule has 3 rings (SSSR count). The molecule has 1 aliphatic rings. The highest BCUT2D eigenvalue weighted by Gasteiger charge is 2.25. The summed E-state index contributed by atoms with van der Waals surface area (Å²) in [6.45, 7) is 4.67. The van der Waals surface area contributed by atoms with Crippen LogP contribution < -0.4 is 4.74 Å². The van der Waals surface area contributed by atoms with Gasteiger partial charge in [0.1, 0.15) is 5.75 Å². The Labute approximate surface area is 129 Å². The molecule has 2 aromatic rings. The van der Waals surface area contributed by atoms with Crippen molar-refractivity contribution in [3.8, 4) is 5.75 Å². The van der Waals surface area contributed by atoms with E-state index in [-0.39, 0.29) is 0 Å². The third-order valence-corrected chi connectivity index (χ3v) is 4.71. The van der Waals surface area contributed by atoms with E-state index in [1.54, 1.807) is 0 Å². The summed E-state index contributed by atoms with van der Waals surface area (Å²) in [6.07, 6.45) is 4.08. The van der Waals surface area contributed by atoms with Crippen molar-refractivity contribution in [3.05, 3.63) is 40.9 Å². The van der Waals surface area contributed by atoms with Crippen LogP contribution in [0.15, 0.2) is 40.9 Å². The normalized spacial score (nSPS) is 26.6. The quantitative estimate of drug-likeness (QED) is 0.674. The van der Waals surface area contributed by atoms with Crippen molar-refractivity contribution >= 4 is 26.7 Å². The predicted octanol–water partition coefficient (Wildman–Crippen LogP) is 5.81. The lowest BCUT2D eigenvalue weighted by molar-refractivity contribution is 0.101. The Balaban J connectivity index is 1.79. The molecular weight excluding hydrogens is 312 g/mol. The van der Waals surface area contributed by atoms with Gasteiger partial charge >= 0.3 is 0 Å². The van der Waals surface area contributed by atoms with E-state index in [4.69, 9.17) is 4.74 Å². The molecule has 0 N–H and O–H groups in total. The third kappa shape index (κ3) is 3.17. The predicted molar refractivity (Wildman–Crippen MR) is 88.2 cm³/mol. The molecule has 0 saturated heterocycles. The van der Waals surface area contributed by atoms with Gasteiger partial charge in [0.2, 0.25) is 0 Å². The van der Waals surface area contributed by atoms with Gasteiger partial charge in [-0.2, -0.15) is 0 Å². The van der Waals surface area contributed by atoms with Crippen LogP contribution in [0.4, 0.5) is 0 Å². The molecule has 0 aromatic heterocycles. The molecule has 1 aliphatic carbocycles. The average molecular weight is 333 g/mol. The van der Waals surface area contributed by atoms with Crippen LogP contribution in [-0.4, -0.2) is 6.10 Å². The zero-order chi connectivity index (χ0) is 14.1. The number of halogens is 1. The lowest BCUT2D eigenvalue weighted by Gasteiger charge is -2.31. The van der Waals surface area contributed by atoms with E-state index >= 15 is 0 Å². The second-order valence-corrected chi connectivity index (χ2v) is 7.23. The Morgan fingerprint density at radius 3 is 2.30 bits per heavy atom. The van der Waals surface area contributed by atoms with E-state index in [9.17, 15) is 0 Å². The zero-order valence-corrected chi connectivity index (χ0v) is 13.7. The van der Waals surface area contributed by atoms with Gasteiger partial charge in [0, 0.05) is 4.47 Å². The largest absolute Gasteiger partial charge is 0.490 e. The maximum Gasteiger partial charge on any atom is 0.120 e. The van der Waals surface area contributed by atoms with E-state index in [1.807, 2.05) is 0 Å². The highest BCUT2D eigenvalue weighted by Crippen LogP contribution is 2.32. The zero-order valence-electron chi connectivity index (χ0n) is 12.1. The van der Waals surface area contributed by atoms with Crippen LogP contribution in [0.25, 0.3) is 10.8 Å². The van der Waals surface area contributed by atoms with E-state index < -0.39 is 0 Å². The molecule has 1 fully saturated rings. The number of fused-ring (bicyclic) bond motifs is 1. The smallest absolute Gasteiger partial charge is 0.120 e. The molecule has 2 atom stereocenters. The molecule has 1 nitrogen and oxygen atoms in total. The van der Waals surface area contributed by atoms with Crippen LogP contribution in [0.1, 0.15) is 33.1 Å². The average Bonchev–Trinajstić information content (AvgIpc) is 2.38. The van der Waals surface area contributed by atoms with Gasteiger partial charge in [0.05, 0.1) is 6.10 Å². The van der Waals surface area contributed by atoms with Crippen molar-refractivity contribution in [1.82, 2.24) is 0 Å². The van der Waals surface area contributed by atoms with Crippen LogP contribution >= 0.6 is 15.9 Å². The van der Waals surface area contributed by atoms with Crippen LogP contribution in [0, 0.1) is 11.8 Å². The summed E-state index contributed by atoms with van der Waals surface area (Å²) in [5, 5.41) is 2.49. The highest BCUT2D eigenvalue weighted by molar-refractivity contribution is 9.10. The van der Waals surface area contributed by atoms with Crippen molar-refractivity contribution in [1.29, 1.82) is 0 Å². The molecule has 106 valence electrons. The van der Waals surface area contributed by atoms with E-state index in [0.717, 1.165) is 22.1 Å². The molecule has 0 heterocycles. The molecule has 2 aromatic carbocycles. The van der Waals surface area contributed by atoms with Gasteiger partial charge in [0.15, 0.2) is 0 Å². The van der Waals surface area contributed by atoms with Crippen molar-refractivity contribution in [2.24, 2.45) is 11.8 Å².